The molecule has 0 unspecified atom stereocenters. The van der Waals surface area contributed by atoms with Crippen LogP contribution in [0.1, 0.15) is 72.6 Å². The first-order chi connectivity index (χ1) is 10.6. The Hall–Kier alpha value is -0.363. The first-order valence-corrected chi connectivity index (χ1v) is 10.9. The molecule has 0 amide bonds. The van der Waals surface area contributed by atoms with Gasteiger partial charge in [0.15, 0.2) is 0 Å². The highest BCUT2D eigenvalue weighted by molar-refractivity contribution is 6.60. The van der Waals surface area contributed by atoms with E-state index in [1.165, 1.54) is 32.1 Å². The molecule has 0 aliphatic carbocycles. The Bertz CT molecular complexity index is 268. The number of hydrogen-bond donors (Lipinski definition) is 1. The quantitative estimate of drug-likeness (QED) is 0.351. The SMILES string of the molecule is CCCCCCCC=C(N)CC[Si](OCC)(OCC)OCC. The molecule has 0 aliphatic heterocycles. The molecule has 0 atom stereocenters. The van der Waals surface area contributed by atoms with Crippen LogP contribution in [0.25, 0.3) is 0 Å². The van der Waals surface area contributed by atoms with Crippen molar-refractivity contribution in [1.82, 2.24) is 0 Å². The smallest absolute Gasteiger partial charge is 0.402 e. The predicted octanol–water partition coefficient (Wildman–Crippen LogP) is 4.63. The van der Waals surface area contributed by atoms with Gasteiger partial charge in [0.1, 0.15) is 0 Å². The van der Waals surface area contributed by atoms with E-state index in [0.717, 1.165) is 24.6 Å². The lowest BCUT2D eigenvalue weighted by Crippen LogP contribution is -2.46. The van der Waals surface area contributed by atoms with Crippen LogP contribution in [0.2, 0.25) is 6.04 Å². The minimum absolute atomic E-state index is 0.618. The molecule has 4 nitrogen and oxygen atoms in total. The van der Waals surface area contributed by atoms with E-state index in [2.05, 4.69) is 13.0 Å². The Labute approximate surface area is 138 Å². The number of nitrogens with two attached hydrogens (primary N) is 1. The second-order valence-corrected chi connectivity index (χ2v) is 8.20. The Morgan fingerprint density at radius 2 is 1.41 bits per heavy atom. The van der Waals surface area contributed by atoms with Gasteiger partial charge in [-0.1, -0.05) is 38.7 Å². The van der Waals surface area contributed by atoms with Gasteiger partial charge in [0.25, 0.3) is 0 Å². The molecule has 0 aromatic rings. The van der Waals surface area contributed by atoms with Gasteiger partial charge in [-0.15, -0.1) is 0 Å². The lowest BCUT2D eigenvalue weighted by Gasteiger charge is -2.28. The maximum Gasteiger partial charge on any atom is 0.501 e. The Kier molecular flexibility index (Phi) is 14.0. The normalized spacial score (nSPS) is 12.8. The van der Waals surface area contributed by atoms with Crippen LogP contribution in [0.3, 0.4) is 0 Å². The molecule has 0 bridgehead atoms. The third kappa shape index (κ3) is 10.4. The average Bonchev–Trinajstić information content (AvgIpc) is 2.49. The molecule has 0 aromatic heterocycles. The van der Waals surface area contributed by atoms with E-state index in [-0.39, 0.29) is 0 Å². The number of unbranched alkanes of at least 4 members (excludes halogenated alkanes) is 5. The molecule has 132 valence electrons. The Morgan fingerprint density at radius 1 is 0.864 bits per heavy atom. The summed E-state index contributed by atoms with van der Waals surface area (Å²) in [6.45, 7) is 10.0. The molecule has 22 heavy (non-hydrogen) atoms. The molecular formula is C17H37NO3Si. The fourth-order valence-corrected chi connectivity index (χ4v) is 5.03. The van der Waals surface area contributed by atoms with Crippen LogP contribution in [0.4, 0.5) is 0 Å². The largest absolute Gasteiger partial charge is 0.501 e. The molecule has 0 fully saturated rings. The van der Waals surface area contributed by atoms with Crippen LogP contribution in [-0.2, 0) is 13.3 Å². The second kappa shape index (κ2) is 14.2. The lowest BCUT2D eigenvalue weighted by molar-refractivity contribution is 0.0714. The summed E-state index contributed by atoms with van der Waals surface area (Å²) in [5, 5.41) is 0. The van der Waals surface area contributed by atoms with E-state index in [1.54, 1.807) is 0 Å². The fraction of sp³-hybridized carbons (Fsp3) is 0.882. The maximum atomic E-state index is 6.13. The lowest BCUT2D eigenvalue weighted by atomic mass is 10.1. The molecule has 2 N–H and O–H groups in total. The van der Waals surface area contributed by atoms with Crippen molar-refractivity contribution in [1.29, 1.82) is 0 Å². The summed E-state index contributed by atoms with van der Waals surface area (Å²) in [6.07, 6.45) is 10.5. The van der Waals surface area contributed by atoms with Crippen LogP contribution in [-0.4, -0.2) is 28.6 Å². The fourth-order valence-electron chi connectivity index (χ4n) is 2.44. The van der Waals surface area contributed by atoms with Gasteiger partial charge >= 0.3 is 8.80 Å². The van der Waals surface area contributed by atoms with Crippen LogP contribution in [0, 0.1) is 0 Å². The predicted molar refractivity (Wildman–Crippen MR) is 95.7 cm³/mol. The van der Waals surface area contributed by atoms with Crippen molar-refractivity contribution in [2.24, 2.45) is 5.73 Å². The number of allylic oxidation sites excluding steroid dienone is 2. The summed E-state index contributed by atoms with van der Waals surface area (Å²) in [5.41, 5.74) is 7.06. The highest BCUT2D eigenvalue weighted by atomic mass is 28.4. The molecule has 0 radical (unpaired) electrons. The van der Waals surface area contributed by atoms with Gasteiger partial charge in [-0.25, -0.2) is 0 Å². The van der Waals surface area contributed by atoms with Crippen LogP contribution < -0.4 is 5.73 Å². The van der Waals surface area contributed by atoms with E-state index < -0.39 is 8.80 Å². The van der Waals surface area contributed by atoms with Crippen molar-refractivity contribution in [2.75, 3.05) is 19.8 Å². The van der Waals surface area contributed by atoms with E-state index in [0.29, 0.717) is 19.8 Å². The highest BCUT2D eigenvalue weighted by Crippen LogP contribution is 2.20. The first-order valence-electron chi connectivity index (χ1n) is 9.00. The third-order valence-corrected chi connectivity index (χ3v) is 6.57. The van der Waals surface area contributed by atoms with Gasteiger partial charge in [-0.3, -0.25) is 0 Å². The van der Waals surface area contributed by atoms with Gasteiger partial charge in [-0.05, 0) is 40.0 Å². The van der Waals surface area contributed by atoms with Gasteiger partial charge in [-0.2, -0.15) is 0 Å². The summed E-state index contributed by atoms with van der Waals surface area (Å²) in [6, 6.07) is 0.765. The number of rotatable bonds is 15. The molecule has 0 saturated carbocycles. The van der Waals surface area contributed by atoms with Crippen molar-refractivity contribution in [3.8, 4) is 0 Å². The molecule has 0 saturated heterocycles. The van der Waals surface area contributed by atoms with Gasteiger partial charge < -0.3 is 19.0 Å². The minimum atomic E-state index is -2.54. The average molecular weight is 332 g/mol. The molecule has 0 aliphatic rings. The van der Waals surface area contributed by atoms with Crippen molar-refractivity contribution in [2.45, 2.75) is 78.7 Å². The molecule has 0 aromatic carbocycles. The molecule has 0 rings (SSSR count). The molecule has 5 heteroatoms. The Morgan fingerprint density at radius 3 is 1.91 bits per heavy atom. The van der Waals surface area contributed by atoms with Crippen molar-refractivity contribution in [3.63, 3.8) is 0 Å². The van der Waals surface area contributed by atoms with Gasteiger partial charge in [0.05, 0.1) is 0 Å². The highest BCUT2D eigenvalue weighted by Gasteiger charge is 2.39. The summed E-state index contributed by atoms with van der Waals surface area (Å²) in [5.74, 6) is 0. The summed E-state index contributed by atoms with van der Waals surface area (Å²) in [4.78, 5) is 0. The zero-order chi connectivity index (χ0) is 16.7. The van der Waals surface area contributed by atoms with Crippen molar-refractivity contribution >= 4 is 8.80 Å². The topological polar surface area (TPSA) is 53.7 Å². The monoisotopic (exact) mass is 331 g/mol. The van der Waals surface area contributed by atoms with Crippen molar-refractivity contribution in [3.05, 3.63) is 11.8 Å². The van der Waals surface area contributed by atoms with E-state index in [1.807, 2.05) is 20.8 Å². The zero-order valence-corrected chi connectivity index (χ0v) is 16.2. The van der Waals surface area contributed by atoms with Crippen LogP contribution in [0.15, 0.2) is 11.8 Å². The van der Waals surface area contributed by atoms with Gasteiger partial charge in [0.2, 0.25) is 0 Å². The minimum Gasteiger partial charge on any atom is -0.402 e. The Balaban J connectivity index is 4.20. The molecular weight excluding hydrogens is 294 g/mol. The van der Waals surface area contributed by atoms with E-state index in [9.17, 15) is 0 Å². The van der Waals surface area contributed by atoms with E-state index in [4.69, 9.17) is 19.0 Å². The van der Waals surface area contributed by atoms with Crippen LogP contribution in [0.5, 0.6) is 0 Å². The zero-order valence-electron chi connectivity index (χ0n) is 15.2. The standard InChI is InChI=1S/C17H37NO3Si/c1-5-9-10-11-12-13-14-17(18)15-16-22(19-6-2,20-7-3)21-8-4/h14H,5-13,15-16,18H2,1-4H3. The molecule has 0 spiro atoms. The first kappa shape index (κ1) is 21.6. The summed E-state index contributed by atoms with van der Waals surface area (Å²) >= 11 is 0. The summed E-state index contributed by atoms with van der Waals surface area (Å²) in [7, 11) is -2.54. The van der Waals surface area contributed by atoms with Crippen LogP contribution >= 0.6 is 0 Å². The summed E-state index contributed by atoms with van der Waals surface area (Å²) < 4.78 is 17.5. The number of hydrogen-bond acceptors (Lipinski definition) is 4. The van der Waals surface area contributed by atoms with E-state index >= 15 is 0 Å². The second-order valence-electron chi connectivity index (χ2n) is 5.46. The van der Waals surface area contributed by atoms with Crippen molar-refractivity contribution < 1.29 is 13.3 Å². The molecule has 0 heterocycles. The third-order valence-electron chi connectivity index (χ3n) is 3.53. The maximum absolute atomic E-state index is 6.13. The van der Waals surface area contributed by atoms with Gasteiger partial charge in [0, 0.05) is 31.6 Å².